The summed E-state index contributed by atoms with van der Waals surface area (Å²) in [6, 6.07) is 19.4. The maximum Gasteiger partial charge on any atom is 0.264 e. The van der Waals surface area contributed by atoms with E-state index < -0.39 is 28.5 Å². The number of hydrogen-bond donors (Lipinski definition) is 1. The van der Waals surface area contributed by atoms with Crippen LogP contribution in [0, 0.1) is 27.7 Å². The summed E-state index contributed by atoms with van der Waals surface area (Å²) < 4.78 is 29.5. The first-order chi connectivity index (χ1) is 20.5. The molecule has 3 aromatic rings. The molecule has 2 amide bonds. The summed E-state index contributed by atoms with van der Waals surface area (Å²) in [7, 11) is -4.10. The fourth-order valence-corrected chi connectivity index (χ4v) is 7.21. The van der Waals surface area contributed by atoms with Gasteiger partial charge >= 0.3 is 0 Å². The van der Waals surface area contributed by atoms with Gasteiger partial charge < -0.3 is 10.2 Å². The lowest BCUT2D eigenvalue weighted by Crippen LogP contribution is -2.54. The summed E-state index contributed by atoms with van der Waals surface area (Å²) in [6.07, 6.45) is 5.60. The fourth-order valence-electron chi connectivity index (χ4n) is 5.81. The van der Waals surface area contributed by atoms with E-state index in [1.165, 1.54) is 10.7 Å². The standard InChI is InChI=1S/C35H45N3O4S/c1-6-33(35(40)36-30-10-8-7-9-11-30)37(23-29-16-12-25(2)13-17-29)34(39)24-38(31-21-27(4)20-28(5)22-31)43(41,42)32-18-14-26(3)15-19-32/h12-22,30,33H,6-11,23-24H2,1-5H3,(H,36,40)/t33-/m0/s1. The Morgan fingerprint density at radius 3 is 1.93 bits per heavy atom. The molecule has 1 saturated carbocycles. The van der Waals surface area contributed by atoms with Crippen molar-refractivity contribution in [2.45, 2.75) is 96.7 Å². The zero-order valence-corrected chi connectivity index (χ0v) is 26.9. The van der Waals surface area contributed by atoms with Crippen LogP contribution < -0.4 is 9.62 Å². The number of hydrogen-bond acceptors (Lipinski definition) is 4. The second-order valence-electron chi connectivity index (χ2n) is 11.9. The Balaban J connectivity index is 1.72. The van der Waals surface area contributed by atoms with Crippen molar-refractivity contribution >= 4 is 27.5 Å². The zero-order valence-electron chi connectivity index (χ0n) is 26.1. The SMILES string of the molecule is CC[C@@H](C(=O)NC1CCCCC1)N(Cc1ccc(C)cc1)C(=O)CN(c1cc(C)cc(C)c1)S(=O)(=O)c1ccc(C)cc1. The van der Waals surface area contributed by atoms with Gasteiger partial charge in [-0.25, -0.2) is 8.42 Å². The molecule has 0 aromatic heterocycles. The molecule has 43 heavy (non-hydrogen) atoms. The van der Waals surface area contributed by atoms with Crippen LogP contribution in [0.5, 0.6) is 0 Å². The molecule has 0 heterocycles. The molecule has 0 saturated heterocycles. The van der Waals surface area contributed by atoms with E-state index in [1.807, 2.05) is 65.0 Å². The molecule has 0 spiro atoms. The molecule has 0 aliphatic heterocycles. The first-order valence-corrected chi connectivity index (χ1v) is 16.7. The van der Waals surface area contributed by atoms with Crippen LogP contribution in [-0.4, -0.2) is 43.8 Å². The third kappa shape index (κ3) is 8.25. The summed E-state index contributed by atoms with van der Waals surface area (Å²) in [5.74, 6) is -0.615. The fraction of sp³-hybridized carbons (Fsp3) is 0.429. The Bertz CT molecular complexity index is 1490. The van der Waals surface area contributed by atoms with E-state index in [0.717, 1.165) is 53.5 Å². The van der Waals surface area contributed by atoms with Crippen molar-refractivity contribution < 1.29 is 18.0 Å². The maximum atomic E-state index is 14.3. The van der Waals surface area contributed by atoms with Gasteiger partial charge in [-0.1, -0.05) is 79.8 Å². The molecule has 7 nitrogen and oxygen atoms in total. The Morgan fingerprint density at radius 1 is 0.814 bits per heavy atom. The average molecular weight is 604 g/mol. The predicted octanol–water partition coefficient (Wildman–Crippen LogP) is 6.37. The molecule has 1 N–H and O–H groups in total. The van der Waals surface area contributed by atoms with E-state index in [2.05, 4.69) is 5.32 Å². The monoisotopic (exact) mass is 603 g/mol. The van der Waals surface area contributed by atoms with Crippen molar-refractivity contribution in [3.63, 3.8) is 0 Å². The number of aryl methyl sites for hydroxylation is 4. The minimum Gasteiger partial charge on any atom is -0.352 e. The molecule has 3 aromatic carbocycles. The smallest absolute Gasteiger partial charge is 0.264 e. The topological polar surface area (TPSA) is 86.8 Å². The highest BCUT2D eigenvalue weighted by Gasteiger charge is 2.34. The Labute approximate surface area is 257 Å². The Kier molecular flexibility index (Phi) is 10.7. The molecule has 0 unspecified atom stereocenters. The van der Waals surface area contributed by atoms with Gasteiger partial charge in [-0.2, -0.15) is 0 Å². The average Bonchev–Trinajstić information content (AvgIpc) is 2.97. The lowest BCUT2D eigenvalue weighted by Gasteiger charge is -2.34. The largest absolute Gasteiger partial charge is 0.352 e. The van der Waals surface area contributed by atoms with Gasteiger partial charge in [-0.05, 0) is 87.9 Å². The summed E-state index contributed by atoms with van der Waals surface area (Å²) in [5, 5.41) is 3.20. The highest BCUT2D eigenvalue weighted by molar-refractivity contribution is 7.92. The summed E-state index contributed by atoms with van der Waals surface area (Å²) >= 11 is 0. The lowest BCUT2D eigenvalue weighted by molar-refractivity contribution is -0.140. The van der Waals surface area contributed by atoms with Crippen LogP contribution in [0.4, 0.5) is 5.69 Å². The van der Waals surface area contributed by atoms with E-state index in [1.54, 1.807) is 41.3 Å². The molecule has 1 aliphatic rings. The maximum absolute atomic E-state index is 14.3. The summed E-state index contributed by atoms with van der Waals surface area (Å²) in [6.45, 7) is 9.36. The minimum atomic E-state index is -4.10. The quantitative estimate of drug-likeness (QED) is 0.276. The van der Waals surface area contributed by atoms with Crippen molar-refractivity contribution in [2.75, 3.05) is 10.8 Å². The van der Waals surface area contributed by atoms with Gasteiger partial charge in [0.2, 0.25) is 11.8 Å². The number of rotatable bonds is 11. The van der Waals surface area contributed by atoms with Gasteiger partial charge in [-0.15, -0.1) is 0 Å². The van der Waals surface area contributed by atoms with Gasteiger partial charge in [0, 0.05) is 12.6 Å². The van der Waals surface area contributed by atoms with E-state index in [0.29, 0.717) is 12.1 Å². The van der Waals surface area contributed by atoms with Crippen LogP contribution in [0.25, 0.3) is 0 Å². The van der Waals surface area contributed by atoms with Crippen molar-refractivity contribution in [1.82, 2.24) is 10.2 Å². The van der Waals surface area contributed by atoms with Crippen molar-refractivity contribution in [3.05, 3.63) is 94.5 Å². The van der Waals surface area contributed by atoms with Gasteiger partial charge in [0.05, 0.1) is 10.6 Å². The number of nitrogens with zero attached hydrogens (tertiary/aromatic N) is 2. The Morgan fingerprint density at radius 2 is 1.37 bits per heavy atom. The third-order valence-electron chi connectivity index (χ3n) is 8.19. The molecule has 1 fully saturated rings. The van der Waals surface area contributed by atoms with E-state index in [4.69, 9.17) is 0 Å². The predicted molar refractivity (Wildman–Crippen MR) is 172 cm³/mol. The van der Waals surface area contributed by atoms with Crippen LogP contribution in [-0.2, 0) is 26.2 Å². The van der Waals surface area contributed by atoms with Crippen LogP contribution in [0.2, 0.25) is 0 Å². The second kappa shape index (κ2) is 14.2. The number of anilines is 1. The molecule has 0 bridgehead atoms. The highest BCUT2D eigenvalue weighted by Crippen LogP contribution is 2.27. The molecular weight excluding hydrogens is 558 g/mol. The minimum absolute atomic E-state index is 0.0975. The van der Waals surface area contributed by atoms with Crippen molar-refractivity contribution in [2.24, 2.45) is 0 Å². The number of benzene rings is 3. The first-order valence-electron chi connectivity index (χ1n) is 15.3. The van der Waals surface area contributed by atoms with Crippen LogP contribution in [0.15, 0.2) is 71.6 Å². The molecular formula is C35H45N3O4S. The molecule has 4 rings (SSSR count). The first kappa shape index (κ1) is 32.3. The van der Waals surface area contributed by atoms with Crippen LogP contribution in [0.3, 0.4) is 0 Å². The summed E-state index contributed by atoms with van der Waals surface area (Å²) in [4.78, 5) is 29.7. The van der Waals surface area contributed by atoms with Gasteiger partial charge in [0.25, 0.3) is 10.0 Å². The molecule has 1 atom stereocenters. The number of carbonyl (C=O) groups excluding carboxylic acids is 2. The van der Waals surface area contributed by atoms with Gasteiger partial charge in [-0.3, -0.25) is 13.9 Å². The summed E-state index contributed by atoms with van der Waals surface area (Å²) in [5.41, 5.74) is 5.10. The molecule has 230 valence electrons. The zero-order chi connectivity index (χ0) is 31.1. The van der Waals surface area contributed by atoms with E-state index in [9.17, 15) is 18.0 Å². The Hall–Kier alpha value is -3.65. The molecule has 1 aliphatic carbocycles. The van der Waals surface area contributed by atoms with Gasteiger partial charge in [0.15, 0.2) is 0 Å². The highest BCUT2D eigenvalue weighted by atomic mass is 32.2. The number of amides is 2. The number of carbonyl (C=O) groups is 2. The number of sulfonamides is 1. The third-order valence-corrected chi connectivity index (χ3v) is 9.98. The van der Waals surface area contributed by atoms with Crippen LogP contribution in [0.1, 0.15) is 73.3 Å². The molecule has 0 radical (unpaired) electrons. The van der Waals surface area contributed by atoms with Gasteiger partial charge in [0.1, 0.15) is 12.6 Å². The van der Waals surface area contributed by atoms with Crippen molar-refractivity contribution in [1.29, 1.82) is 0 Å². The second-order valence-corrected chi connectivity index (χ2v) is 13.8. The van der Waals surface area contributed by atoms with Crippen molar-refractivity contribution in [3.8, 4) is 0 Å². The number of nitrogens with one attached hydrogen (secondary N) is 1. The van der Waals surface area contributed by atoms with Crippen LogP contribution >= 0.6 is 0 Å². The van der Waals surface area contributed by atoms with E-state index >= 15 is 0 Å². The normalized spacial score (nSPS) is 14.6. The van der Waals surface area contributed by atoms with E-state index in [-0.39, 0.29) is 23.4 Å². The lowest BCUT2D eigenvalue weighted by atomic mass is 9.95. The molecule has 8 heteroatoms.